The second kappa shape index (κ2) is 11.1. The quantitative estimate of drug-likeness (QED) is 0.201. The van der Waals surface area contributed by atoms with Crippen molar-refractivity contribution in [1.82, 2.24) is 19.9 Å². The zero-order valence-corrected chi connectivity index (χ0v) is 29.2. The molecule has 0 saturated carbocycles. The molecule has 0 unspecified atom stereocenters. The van der Waals surface area contributed by atoms with Crippen LogP contribution in [0.25, 0.3) is 100 Å². The lowest BCUT2D eigenvalue weighted by Crippen LogP contribution is -2.15. The fraction of sp³-hybridized carbons (Fsp3) is 0.0625. The van der Waals surface area contributed by atoms with E-state index in [0.29, 0.717) is 17.5 Å². The average Bonchev–Trinajstić information content (AvgIpc) is 3.85. The first kappa shape index (κ1) is 29.8. The molecule has 10 aromatic rings. The topological polar surface area (TPSA) is 67.6 Å². The Morgan fingerprint density at radius 2 is 1.11 bits per heavy atom. The van der Waals surface area contributed by atoms with E-state index in [-0.39, 0.29) is 5.41 Å². The molecule has 1 aliphatic carbocycles. The van der Waals surface area contributed by atoms with Gasteiger partial charge in [0.1, 0.15) is 11.2 Å². The van der Waals surface area contributed by atoms with Gasteiger partial charge in [-0.2, -0.15) is 0 Å². The fourth-order valence-electron chi connectivity index (χ4n) is 8.56. The number of nitrogens with zero attached hydrogens (tertiary/aromatic N) is 3. The van der Waals surface area contributed by atoms with Gasteiger partial charge in [0.05, 0.1) is 0 Å². The van der Waals surface area contributed by atoms with Crippen LogP contribution < -0.4 is 0 Å². The first-order valence-corrected chi connectivity index (χ1v) is 18.0. The molecule has 3 heterocycles. The molecule has 0 saturated heterocycles. The molecule has 250 valence electrons. The van der Waals surface area contributed by atoms with Gasteiger partial charge in [0, 0.05) is 54.7 Å². The predicted octanol–water partition coefficient (Wildman–Crippen LogP) is 12.4. The highest BCUT2D eigenvalue weighted by atomic mass is 16.3. The number of hydrogen-bond acceptors (Lipinski definition) is 4. The summed E-state index contributed by atoms with van der Waals surface area (Å²) in [5, 5.41) is 4.59. The molecule has 0 aliphatic heterocycles. The molecular formula is C48H32N4O. The Kier molecular flexibility index (Phi) is 6.23. The standard InChI is InChI=1S/C48H32N4O/c1-48(2)37-25-23-31(27-36(37)32-24-26-41-43(44(32)48)34-14-7-9-18-40(34)53-41)46-50-45(30-21-19-29(20-22-30)28-11-4-3-5-12-28)51-47(52-46)35-15-10-17-39-42(35)33-13-6-8-16-38(33)49-39/h3-27,49H,1-2H3. The van der Waals surface area contributed by atoms with Gasteiger partial charge in [0.15, 0.2) is 17.5 Å². The molecule has 53 heavy (non-hydrogen) atoms. The highest BCUT2D eigenvalue weighted by molar-refractivity contribution is 6.14. The van der Waals surface area contributed by atoms with Gasteiger partial charge in [-0.25, -0.2) is 15.0 Å². The van der Waals surface area contributed by atoms with Gasteiger partial charge < -0.3 is 9.40 Å². The first-order valence-electron chi connectivity index (χ1n) is 18.0. The van der Waals surface area contributed by atoms with E-state index in [0.717, 1.165) is 60.6 Å². The number of para-hydroxylation sites is 2. The Morgan fingerprint density at radius 1 is 0.453 bits per heavy atom. The van der Waals surface area contributed by atoms with Crippen LogP contribution in [0.4, 0.5) is 0 Å². The molecule has 1 N–H and O–H groups in total. The van der Waals surface area contributed by atoms with Crippen LogP contribution in [0.3, 0.4) is 0 Å². The minimum absolute atomic E-state index is 0.226. The molecule has 1 aliphatic rings. The number of nitrogens with one attached hydrogen (secondary N) is 1. The van der Waals surface area contributed by atoms with Crippen LogP contribution in [0.5, 0.6) is 0 Å². The second-order valence-corrected chi connectivity index (χ2v) is 14.5. The van der Waals surface area contributed by atoms with Crippen molar-refractivity contribution in [2.45, 2.75) is 19.3 Å². The minimum Gasteiger partial charge on any atom is -0.456 e. The smallest absolute Gasteiger partial charge is 0.164 e. The van der Waals surface area contributed by atoms with Gasteiger partial charge in [0.2, 0.25) is 0 Å². The van der Waals surface area contributed by atoms with Crippen LogP contribution in [-0.4, -0.2) is 19.9 Å². The predicted molar refractivity (Wildman–Crippen MR) is 216 cm³/mol. The lowest BCUT2D eigenvalue weighted by Gasteiger charge is -2.22. The summed E-state index contributed by atoms with van der Waals surface area (Å²) in [6, 6.07) is 53.0. The number of fused-ring (bicyclic) bond motifs is 10. The number of hydrogen-bond donors (Lipinski definition) is 1. The van der Waals surface area contributed by atoms with Crippen LogP contribution in [0.15, 0.2) is 156 Å². The van der Waals surface area contributed by atoms with Gasteiger partial charge in [-0.15, -0.1) is 0 Å². The highest BCUT2D eigenvalue weighted by Crippen LogP contribution is 2.53. The molecule has 11 rings (SSSR count). The number of rotatable bonds is 4. The summed E-state index contributed by atoms with van der Waals surface area (Å²) >= 11 is 0. The molecule has 5 nitrogen and oxygen atoms in total. The maximum atomic E-state index is 6.33. The third-order valence-corrected chi connectivity index (χ3v) is 11.1. The zero-order valence-electron chi connectivity index (χ0n) is 29.2. The van der Waals surface area contributed by atoms with E-state index in [4.69, 9.17) is 19.4 Å². The van der Waals surface area contributed by atoms with Crippen molar-refractivity contribution >= 4 is 43.7 Å². The molecular weight excluding hydrogens is 649 g/mol. The minimum atomic E-state index is -0.226. The maximum absolute atomic E-state index is 6.33. The molecule has 3 aromatic heterocycles. The molecule has 0 atom stereocenters. The number of H-pyrrole nitrogens is 1. The molecule has 0 radical (unpaired) electrons. The molecule has 0 spiro atoms. The van der Waals surface area contributed by atoms with Gasteiger partial charge >= 0.3 is 0 Å². The maximum Gasteiger partial charge on any atom is 0.164 e. The third kappa shape index (κ3) is 4.47. The average molecular weight is 681 g/mol. The van der Waals surface area contributed by atoms with Crippen molar-refractivity contribution in [2.75, 3.05) is 0 Å². The molecule has 0 fully saturated rings. The lowest BCUT2D eigenvalue weighted by atomic mass is 9.80. The Labute approximate surface area is 305 Å². The van der Waals surface area contributed by atoms with Gasteiger partial charge in [-0.1, -0.05) is 135 Å². The molecule has 0 amide bonds. The van der Waals surface area contributed by atoms with Crippen molar-refractivity contribution in [2.24, 2.45) is 0 Å². The molecule has 5 heteroatoms. The van der Waals surface area contributed by atoms with E-state index < -0.39 is 0 Å². The molecule has 0 bridgehead atoms. The van der Waals surface area contributed by atoms with Gasteiger partial charge in [-0.3, -0.25) is 0 Å². The Hall–Kier alpha value is -6.85. The van der Waals surface area contributed by atoms with E-state index in [9.17, 15) is 0 Å². The SMILES string of the molecule is CC1(C)c2ccc(-c3nc(-c4ccc(-c5ccccc5)cc4)nc(-c4cccc5[nH]c6ccccc6c45)n3)cc2-c2ccc3oc4ccccc4c3c21. The fourth-order valence-corrected chi connectivity index (χ4v) is 8.56. The Morgan fingerprint density at radius 3 is 1.96 bits per heavy atom. The van der Waals surface area contributed by atoms with Crippen molar-refractivity contribution in [3.05, 3.63) is 163 Å². The summed E-state index contributed by atoms with van der Waals surface area (Å²) in [6.45, 7) is 4.64. The first-order chi connectivity index (χ1) is 26.0. The summed E-state index contributed by atoms with van der Waals surface area (Å²) < 4.78 is 6.33. The zero-order chi connectivity index (χ0) is 35.3. The van der Waals surface area contributed by atoms with E-state index >= 15 is 0 Å². The molecule has 7 aromatic carbocycles. The number of furan rings is 1. The Bertz CT molecular complexity index is 3080. The number of aromatic amines is 1. The summed E-state index contributed by atoms with van der Waals surface area (Å²) in [4.78, 5) is 19.2. The van der Waals surface area contributed by atoms with Crippen LogP contribution in [0.1, 0.15) is 25.0 Å². The number of aromatic nitrogens is 4. The monoisotopic (exact) mass is 680 g/mol. The van der Waals surface area contributed by atoms with Crippen LogP contribution >= 0.6 is 0 Å². The van der Waals surface area contributed by atoms with Crippen molar-refractivity contribution in [3.63, 3.8) is 0 Å². The largest absolute Gasteiger partial charge is 0.456 e. The van der Waals surface area contributed by atoms with E-state index in [1.54, 1.807) is 0 Å². The summed E-state index contributed by atoms with van der Waals surface area (Å²) in [6.07, 6.45) is 0. The normalized spacial score (nSPS) is 13.2. The van der Waals surface area contributed by atoms with Crippen LogP contribution in [0.2, 0.25) is 0 Å². The third-order valence-electron chi connectivity index (χ3n) is 11.1. The second-order valence-electron chi connectivity index (χ2n) is 14.5. The van der Waals surface area contributed by atoms with E-state index in [1.165, 1.54) is 33.2 Å². The van der Waals surface area contributed by atoms with Crippen LogP contribution in [-0.2, 0) is 5.41 Å². The summed E-state index contributed by atoms with van der Waals surface area (Å²) in [5.41, 5.74) is 13.9. The van der Waals surface area contributed by atoms with Crippen LogP contribution in [0, 0.1) is 0 Å². The van der Waals surface area contributed by atoms with Crippen molar-refractivity contribution in [3.8, 4) is 56.4 Å². The van der Waals surface area contributed by atoms with Gasteiger partial charge in [0.25, 0.3) is 0 Å². The van der Waals surface area contributed by atoms with Gasteiger partial charge in [-0.05, 0) is 63.7 Å². The lowest BCUT2D eigenvalue weighted by molar-refractivity contribution is 0.657. The highest BCUT2D eigenvalue weighted by Gasteiger charge is 2.38. The van der Waals surface area contributed by atoms with E-state index in [2.05, 4.69) is 158 Å². The Balaban J connectivity index is 1.12. The summed E-state index contributed by atoms with van der Waals surface area (Å²) in [7, 11) is 0. The van der Waals surface area contributed by atoms with Crippen molar-refractivity contribution < 1.29 is 4.42 Å². The van der Waals surface area contributed by atoms with Crippen molar-refractivity contribution in [1.29, 1.82) is 0 Å². The summed E-state index contributed by atoms with van der Waals surface area (Å²) in [5.74, 6) is 1.91. The van der Waals surface area contributed by atoms with E-state index in [1.807, 2.05) is 12.1 Å². The number of benzene rings is 7.